The van der Waals surface area contributed by atoms with Crippen LogP contribution in [0.2, 0.25) is 0 Å². The van der Waals surface area contributed by atoms with Crippen LogP contribution in [-0.2, 0) is 14.8 Å². The molecule has 1 aromatic rings. The summed E-state index contributed by atoms with van der Waals surface area (Å²) in [4.78, 5) is 18.4. The number of pyridine rings is 1. The predicted molar refractivity (Wildman–Crippen MR) is 91.0 cm³/mol. The molecule has 1 aromatic heterocycles. The van der Waals surface area contributed by atoms with Crippen LogP contribution in [0, 0.1) is 0 Å². The molecule has 0 aromatic carbocycles. The summed E-state index contributed by atoms with van der Waals surface area (Å²) in [5.74, 6) is 0.0983. The number of carbonyl (C=O) groups is 1. The van der Waals surface area contributed by atoms with Gasteiger partial charge in [-0.15, -0.1) is 0 Å². The van der Waals surface area contributed by atoms with Crippen molar-refractivity contribution in [1.29, 1.82) is 0 Å². The molecule has 0 radical (unpaired) electrons. The molecule has 1 atom stereocenters. The van der Waals surface area contributed by atoms with Gasteiger partial charge in [0.1, 0.15) is 5.69 Å². The Labute approximate surface area is 147 Å². The van der Waals surface area contributed by atoms with Crippen molar-refractivity contribution in [3.63, 3.8) is 0 Å². The lowest BCUT2D eigenvalue weighted by molar-refractivity contribution is 0.0682. The third-order valence-electron chi connectivity index (χ3n) is 4.57. The van der Waals surface area contributed by atoms with E-state index in [1.807, 2.05) is 0 Å². The van der Waals surface area contributed by atoms with Gasteiger partial charge in [0, 0.05) is 32.2 Å². The first-order valence-electron chi connectivity index (χ1n) is 8.39. The minimum absolute atomic E-state index is 0.192. The lowest BCUT2D eigenvalue weighted by Gasteiger charge is -2.36. The number of sulfonamides is 1. The van der Waals surface area contributed by atoms with Crippen molar-refractivity contribution >= 4 is 15.9 Å². The van der Waals surface area contributed by atoms with Crippen LogP contribution < -0.4 is 4.74 Å². The van der Waals surface area contributed by atoms with Crippen molar-refractivity contribution in [2.24, 2.45) is 0 Å². The Morgan fingerprint density at radius 2 is 2.04 bits per heavy atom. The van der Waals surface area contributed by atoms with Gasteiger partial charge >= 0.3 is 0 Å². The number of nitrogens with zero attached hydrogens (tertiary/aromatic N) is 3. The van der Waals surface area contributed by atoms with Crippen LogP contribution in [0.4, 0.5) is 0 Å². The quantitative estimate of drug-likeness (QED) is 0.761. The van der Waals surface area contributed by atoms with Gasteiger partial charge in [-0.25, -0.2) is 13.4 Å². The molecule has 8 nitrogen and oxygen atoms in total. The molecule has 2 saturated heterocycles. The number of hydrogen-bond donors (Lipinski definition) is 0. The van der Waals surface area contributed by atoms with Crippen molar-refractivity contribution in [1.82, 2.24) is 14.2 Å². The second-order valence-corrected chi connectivity index (χ2v) is 8.35. The smallest absolute Gasteiger partial charge is 0.272 e. The van der Waals surface area contributed by atoms with Crippen molar-refractivity contribution in [3.8, 4) is 5.88 Å². The zero-order valence-corrected chi connectivity index (χ0v) is 15.1. The van der Waals surface area contributed by atoms with E-state index < -0.39 is 15.3 Å². The van der Waals surface area contributed by atoms with Gasteiger partial charge in [-0.2, -0.15) is 4.31 Å². The summed E-state index contributed by atoms with van der Waals surface area (Å²) in [6, 6.07) is 4.98. The number of aromatic nitrogens is 1. The van der Waals surface area contributed by atoms with Crippen LogP contribution in [-0.4, -0.2) is 80.3 Å². The van der Waals surface area contributed by atoms with Crippen LogP contribution in [0.15, 0.2) is 18.2 Å². The lowest BCUT2D eigenvalue weighted by atomic mass is 10.1. The van der Waals surface area contributed by atoms with Crippen LogP contribution in [0.25, 0.3) is 0 Å². The number of morpholine rings is 1. The molecule has 0 saturated carbocycles. The summed E-state index contributed by atoms with van der Waals surface area (Å²) in [5, 5.41) is -0.575. The third-order valence-corrected chi connectivity index (χ3v) is 6.88. The predicted octanol–water partition coefficient (Wildman–Crippen LogP) is 0.357. The minimum Gasteiger partial charge on any atom is -0.481 e. The number of methoxy groups -OCH3 is 1. The molecular formula is C16H23N3O5S. The normalized spacial score (nSPS) is 22.6. The van der Waals surface area contributed by atoms with Gasteiger partial charge in [-0.1, -0.05) is 6.07 Å². The maximum Gasteiger partial charge on any atom is 0.272 e. The third kappa shape index (κ3) is 3.94. The van der Waals surface area contributed by atoms with Crippen LogP contribution >= 0.6 is 0 Å². The topological polar surface area (TPSA) is 89.0 Å². The van der Waals surface area contributed by atoms with E-state index in [1.165, 1.54) is 11.4 Å². The molecule has 0 bridgehead atoms. The second-order valence-electron chi connectivity index (χ2n) is 6.14. The minimum atomic E-state index is -3.43. The summed E-state index contributed by atoms with van der Waals surface area (Å²) in [6.45, 7) is 2.32. The van der Waals surface area contributed by atoms with E-state index in [9.17, 15) is 13.2 Å². The average Bonchev–Trinajstić information content (AvgIpc) is 2.68. The Bertz CT molecular complexity index is 718. The highest BCUT2D eigenvalue weighted by atomic mass is 32.2. The van der Waals surface area contributed by atoms with E-state index in [1.54, 1.807) is 23.1 Å². The molecule has 0 aliphatic carbocycles. The van der Waals surface area contributed by atoms with E-state index in [2.05, 4.69) is 4.98 Å². The van der Waals surface area contributed by atoms with Gasteiger partial charge in [-0.05, 0) is 18.9 Å². The SMILES string of the molecule is COc1cccc(C(=O)N2CCC[C@@H](S(=O)(=O)N3CCOCC3)C2)n1. The van der Waals surface area contributed by atoms with E-state index in [0.29, 0.717) is 51.6 Å². The van der Waals surface area contributed by atoms with Gasteiger partial charge in [0.2, 0.25) is 15.9 Å². The Hall–Kier alpha value is -1.71. The molecule has 0 unspecified atom stereocenters. The summed E-state index contributed by atoms with van der Waals surface area (Å²) in [7, 11) is -1.94. The molecule has 0 spiro atoms. The zero-order chi connectivity index (χ0) is 17.9. The van der Waals surface area contributed by atoms with Gasteiger partial charge in [-0.3, -0.25) is 4.79 Å². The van der Waals surface area contributed by atoms with Crippen molar-refractivity contribution in [2.75, 3.05) is 46.5 Å². The van der Waals surface area contributed by atoms with Crippen LogP contribution in [0.3, 0.4) is 0 Å². The Morgan fingerprint density at radius 3 is 2.76 bits per heavy atom. The molecule has 3 rings (SSSR count). The Morgan fingerprint density at radius 1 is 1.28 bits per heavy atom. The molecule has 2 aliphatic heterocycles. The van der Waals surface area contributed by atoms with Crippen LogP contribution in [0.1, 0.15) is 23.3 Å². The molecule has 1 amide bonds. The Kier molecular flexibility index (Phi) is 5.55. The van der Waals surface area contributed by atoms with E-state index in [-0.39, 0.29) is 18.1 Å². The Balaban J connectivity index is 1.73. The number of ether oxygens (including phenoxy) is 2. The molecule has 9 heteroatoms. The lowest BCUT2D eigenvalue weighted by Crippen LogP contribution is -2.51. The molecule has 25 heavy (non-hydrogen) atoms. The molecule has 138 valence electrons. The fourth-order valence-corrected chi connectivity index (χ4v) is 5.10. The highest BCUT2D eigenvalue weighted by molar-refractivity contribution is 7.89. The summed E-state index contributed by atoms with van der Waals surface area (Å²) in [5.41, 5.74) is 0.267. The number of amides is 1. The van der Waals surface area contributed by atoms with Crippen molar-refractivity contribution in [3.05, 3.63) is 23.9 Å². The van der Waals surface area contributed by atoms with Gasteiger partial charge in [0.05, 0.1) is 25.6 Å². The molecule has 0 N–H and O–H groups in total. The highest BCUT2D eigenvalue weighted by Crippen LogP contribution is 2.22. The number of likely N-dealkylation sites (tertiary alicyclic amines) is 1. The first kappa shape index (κ1) is 18.1. The number of hydrogen-bond acceptors (Lipinski definition) is 6. The van der Waals surface area contributed by atoms with Gasteiger partial charge < -0.3 is 14.4 Å². The fraction of sp³-hybridized carbons (Fsp3) is 0.625. The summed E-state index contributed by atoms with van der Waals surface area (Å²) >= 11 is 0. The average molecular weight is 369 g/mol. The standard InChI is InChI=1S/C16H23N3O5S/c1-23-15-6-2-5-14(17-15)16(20)18-7-3-4-13(12-18)25(21,22)19-8-10-24-11-9-19/h2,5-6,13H,3-4,7-12H2,1H3/t13-/m1/s1. The largest absolute Gasteiger partial charge is 0.481 e. The number of rotatable bonds is 4. The zero-order valence-electron chi connectivity index (χ0n) is 14.3. The number of piperidine rings is 1. The van der Waals surface area contributed by atoms with Crippen molar-refractivity contribution in [2.45, 2.75) is 18.1 Å². The summed E-state index contributed by atoms with van der Waals surface area (Å²) in [6.07, 6.45) is 1.22. The maximum atomic E-state index is 12.8. The van der Waals surface area contributed by atoms with Crippen LogP contribution in [0.5, 0.6) is 5.88 Å². The number of carbonyl (C=O) groups excluding carboxylic acids is 1. The molecule has 3 heterocycles. The highest BCUT2D eigenvalue weighted by Gasteiger charge is 2.37. The van der Waals surface area contributed by atoms with E-state index >= 15 is 0 Å². The molecule has 2 fully saturated rings. The first-order valence-corrected chi connectivity index (χ1v) is 9.89. The monoisotopic (exact) mass is 369 g/mol. The maximum absolute atomic E-state index is 12.8. The molecule has 2 aliphatic rings. The van der Waals surface area contributed by atoms with E-state index in [0.717, 1.165) is 0 Å². The first-order chi connectivity index (χ1) is 12.0. The van der Waals surface area contributed by atoms with Crippen molar-refractivity contribution < 1.29 is 22.7 Å². The molecular weight excluding hydrogens is 346 g/mol. The van der Waals surface area contributed by atoms with E-state index in [4.69, 9.17) is 9.47 Å². The fourth-order valence-electron chi connectivity index (χ4n) is 3.19. The van der Waals surface area contributed by atoms with Gasteiger partial charge in [0.25, 0.3) is 5.91 Å². The second kappa shape index (κ2) is 7.67. The summed E-state index contributed by atoms with van der Waals surface area (Å²) < 4.78 is 37.5. The van der Waals surface area contributed by atoms with Gasteiger partial charge in [0.15, 0.2) is 0 Å².